The van der Waals surface area contributed by atoms with Crippen LogP contribution in [0.1, 0.15) is 168 Å². The van der Waals surface area contributed by atoms with Crippen molar-refractivity contribution in [2.75, 3.05) is 6.54 Å². The SMILES string of the molecule is CCCCCCCCCCCCCCCCCCC1(CCCC)CC(=O)N(CCCC)C1=O. The third kappa shape index (κ3) is 12.4. The first-order chi connectivity index (χ1) is 16.1. The molecule has 1 aliphatic rings. The first kappa shape index (κ1) is 30.2. The van der Waals surface area contributed by atoms with Gasteiger partial charge in [0.1, 0.15) is 0 Å². The molecule has 1 saturated heterocycles. The summed E-state index contributed by atoms with van der Waals surface area (Å²) in [7, 11) is 0. The summed E-state index contributed by atoms with van der Waals surface area (Å²) in [6.45, 7) is 7.21. The summed E-state index contributed by atoms with van der Waals surface area (Å²) < 4.78 is 0. The van der Waals surface area contributed by atoms with E-state index in [4.69, 9.17) is 0 Å². The van der Waals surface area contributed by atoms with Crippen LogP contribution in [-0.2, 0) is 9.59 Å². The van der Waals surface area contributed by atoms with Crippen molar-refractivity contribution in [2.24, 2.45) is 5.41 Å². The normalized spacial score (nSPS) is 18.6. The fourth-order valence-electron chi connectivity index (χ4n) is 5.44. The minimum absolute atomic E-state index is 0.0843. The molecule has 1 fully saturated rings. The van der Waals surface area contributed by atoms with E-state index in [0.717, 1.165) is 44.9 Å². The first-order valence-electron chi connectivity index (χ1n) is 15.0. The molecule has 0 aromatic rings. The summed E-state index contributed by atoms with van der Waals surface area (Å²) in [6.07, 6.45) is 28.2. The van der Waals surface area contributed by atoms with Crippen LogP contribution in [0, 0.1) is 5.41 Å². The maximum Gasteiger partial charge on any atom is 0.235 e. The molecule has 3 nitrogen and oxygen atoms in total. The maximum atomic E-state index is 13.1. The van der Waals surface area contributed by atoms with E-state index in [9.17, 15) is 9.59 Å². The zero-order valence-corrected chi connectivity index (χ0v) is 22.7. The predicted molar refractivity (Wildman–Crippen MR) is 142 cm³/mol. The highest BCUT2D eigenvalue weighted by atomic mass is 16.2. The molecule has 0 radical (unpaired) electrons. The van der Waals surface area contributed by atoms with Crippen LogP contribution in [0.25, 0.3) is 0 Å². The molecule has 0 N–H and O–H groups in total. The van der Waals surface area contributed by atoms with Gasteiger partial charge < -0.3 is 0 Å². The highest BCUT2D eigenvalue weighted by molar-refractivity contribution is 6.05. The average Bonchev–Trinajstić information content (AvgIpc) is 3.05. The number of unbranched alkanes of at least 4 members (excludes halogenated alkanes) is 17. The van der Waals surface area contributed by atoms with Crippen LogP contribution >= 0.6 is 0 Å². The highest BCUT2D eigenvalue weighted by Crippen LogP contribution is 2.42. The van der Waals surface area contributed by atoms with Crippen LogP contribution in [0.4, 0.5) is 0 Å². The number of hydrogen-bond donors (Lipinski definition) is 0. The Morgan fingerprint density at radius 3 is 1.39 bits per heavy atom. The number of likely N-dealkylation sites (tertiary alicyclic amines) is 1. The molecule has 1 unspecified atom stereocenters. The molecule has 0 bridgehead atoms. The Morgan fingerprint density at radius 1 is 0.545 bits per heavy atom. The monoisotopic (exact) mass is 463 g/mol. The van der Waals surface area contributed by atoms with E-state index in [1.54, 1.807) is 4.90 Å². The Hall–Kier alpha value is -0.860. The highest BCUT2D eigenvalue weighted by Gasteiger charge is 2.49. The van der Waals surface area contributed by atoms with Crippen LogP contribution in [-0.4, -0.2) is 23.3 Å². The fourth-order valence-corrected chi connectivity index (χ4v) is 5.44. The van der Waals surface area contributed by atoms with Crippen molar-refractivity contribution < 1.29 is 9.59 Å². The second kappa shape index (κ2) is 19.4. The van der Waals surface area contributed by atoms with Crippen molar-refractivity contribution in [3.05, 3.63) is 0 Å². The third-order valence-corrected chi connectivity index (χ3v) is 7.74. The predicted octanol–water partition coefficient (Wildman–Crippen LogP) is 9.37. The smallest absolute Gasteiger partial charge is 0.235 e. The van der Waals surface area contributed by atoms with Crippen LogP contribution in [0.15, 0.2) is 0 Å². The van der Waals surface area contributed by atoms with Gasteiger partial charge in [-0.2, -0.15) is 0 Å². The topological polar surface area (TPSA) is 37.4 Å². The minimum Gasteiger partial charge on any atom is -0.282 e. The Kier molecular flexibility index (Phi) is 17.8. The number of rotatable bonds is 23. The molecule has 2 amide bonds. The van der Waals surface area contributed by atoms with E-state index in [1.165, 1.54) is 96.3 Å². The summed E-state index contributed by atoms with van der Waals surface area (Å²) in [6, 6.07) is 0. The van der Waals surface area contributed by atoms with E-state index in [2.05, 4.69) is 20.8 Å². The van der Waals surface area contributed by atoms with Crippen molar-refractivity contribution in [3.63, 3.8) is 0 Å². The number of carbonyl (C=O) groups excluding carboxylic acids is 2. The van der Waals surface area contributed by atoms with E-state index in [-0.39, 0.29) is 17.2 Å². The summed E-state index contributed by atoms with van der Waals surface area (Å²) in [5, 5.41) is 0. The Labute approximate surface area is 206 Å². The number of amides is 2. The Bertz CT molecular complexity index is 504. The summed E-state index contributed by atoms with van der Waals surface area (Å²) in [5.74, 6) is 0.233. The lowest BCUT2D eigenvalue weighted by molar-refractivity contribution is -0.142. The van der Waals surface area contributed by atoms with E-state index in [1.807, 2.05) is 0 Å². The van der Waals surface area contributed by atoms with Gasteiger partial charge in [0.2, 0.25) is 11.8 Å². The number of carbonyl (C=O) groups is 2. The molecule has 1 aliphatic heterocycles. The van der Waals surface area contributed by atoms with Crippen molar-refractivity contribution in [1.29, 1.82) is 0 Å². The van der Waals surface area contributed by atoms with Gasteiger partial charge in [0, 0.05) is 13.0 Å². The van der Waals surface area contributed by atoms with Crippen molar-refractivity contribution in [2.45, 2.75) is 168 Å². The third-order valence-electron chi connectivity index (χ3n) is 7.74. The van der Waals surface area contributed by atoms with Crippen LogP contribution < -0.4 is 0 Å². The van der Waals surface area contributed by atoms with Gasteiger partial charge in [-0.05, 0) is 19.3 Å². The molecule has 0 spiro atoms. The van der Waals surface area contributed by atoms with Gasteiger partial charge in [0.15, 0.2) is 0 Å². The molecule has 1 atom stereocenters. The molecule has 3 heteroatoms. The fraction of sp³-hybridized carbons (Fsp3) is 0.933. The number of imide groups is 1. The molecule has 0 aliphatic carbocycles. The first-order valence-corrected chi connectivity index (χ1v) is 15.0. The minimum atomic E-state index is -0.378. The molecular formula is C30H57NO2. The zero-order valence-electron chi connectivity index (χ0n) is 22.7. The van der Waals surface area contributed by atoms with E-state index in [0.29, 0.717) is 13.0 Å². The largest absolute Gasteiger partial charge is 0.282 e. The van der Waals surface area contributed by atoms with Gasteiger partial charge in [0.25, 0.3) is 0 Å². The average molecular weight is 464 g/mol. The molecule has 1 heterocycles. The molecule has 0 saturated carbocycles. The van der Waals surface area contributed by atoms with Gasteiger partial charge in [-0.15, -0.1) is 0 Å². The van der Waals surface area contributed by atoms with Gasteiger partial charge >= 0.3 is 0 Å². The summed E-state index contributed by atoms with van der Waals surface area (Å²) in [5.41, 5.74) is -0.378. The number of hydrogen-bond acceptors (Lipinski definition) is 2. The second-order valence-corrected chi connectivity index (χ2v) is 10.8. The van der Waals surface area contributed by atoms with Gasteiger partial charge in [-0.3, -0.25) is 14.5 Å². The van der Waals surface area contributed by atoms with Gasteiger partial charge in [-0.25, -0.2) is 0 Å². The lowest BCUT2D eigenvalue weighted by Gasteiger charge is -2.27. The maximum absolute atomic E-state index is 13.1. The van der Waals surface area contributed by atoms with Crippen LogP contribution in [0.2, 0.25) is 0 Å². The molecule has 0 aromatic carbocycles. The summed E-state index contributed by atoms with van der Waals surface area (Å²) in [4.78, 5) is 27.3. The van der Waals surface area contributed by atoms with Crippen LogP contribution in [0.3, 0.4) is 0 Å². The lowest BCUT2D eigenvalue weighted by Crippen LogP contribution is -2.36. The lowest BCUT2D eigenvalue weighted by atomic mass is 9.76. The van der Waals surface area contributed by atoms with Crippen molar-refractivity contribution in [3.8, 4) is 0 Å². The molecule has 33 heavy (non-hydrogen) atoms. The quantitative estimate of drug-likeness (QED) is 0.112. The number of nitrogens with zero attached hydrogens (tertiary/aromatic N) is 1. The summed E-state index contributed by atoms with van der Waals surface area (Å²) >= 11 is 0. The molecule has 1 rings (SSSR count). The van der Waals surface area contributed by atoms with Crippen molar-refractivity contribution in [1.82, 2.24) is 4.90 Å². The zero-order chi connectivity index (χ0) is 24.2. The Morgan fingerprint density at radius 2 is 0.939 bits per heavy atom. The van der Waals surface area contributed by atoms with Crippen molar-refractivity contribution >= 4 is 11.8 Å². The molecule has 194 valence electrons. The Balaban J connectivity index is 2.10. The standard InChI is InChI=1S/C30H57NO2/c1-4-7-10-11-12-13-14-15-16-17-18-19-20-21-22-23-25-30(24-8-5-2)27-28(32)31(29(30)33)26-9-6-3/h4-27H2,1-3H3. The molecular weight excluding hydrogens is 406 g/mol. The van der Waals surface area contributed by atoms with Gasteiger partial charge in [0.05, 0.1) is 5.41 Å². The van der Waals surface area contributed by atoms with E-state index < -0.39 is 0 Å². The van der Waals surface area contributed by atoms with Gasteiger partial charge in [-0.1, -0.05) is 143 Å². The second-order valence-electron chi connectivity index (χ2n) is 10.8. The molecule has 0 aromatic heterocycles. The van der Waals surface area contributed by atoms with E-state index >= 15 is 0 Å². The van der Waals surface area contributed by atoms with Crippen LogP contribution in [0.5, 0.6) is 0 Å².